The molecule has 102 valence electrons. The summed E-state index contributed by atoms with van der Waals surface area (Å²) in [6, 6.07) is 0.530. The largest absolute Gasteiger partial charge is 0.382 e. The zero-order valence-corrected chi connectivity index (χ0v) is 11.9. The van der Waals surface area contributed by atoms with Gasteiger partial charge >= 0.3 is 0 Å². The summed E-state index contributed by atoms with van der Waals surface area (Å²) in [5.41, 5.74) is 0. The maximum Gasteiger partial charge on any atom is 0.0784 e. The first kappa shape index (κ1) is 14.9. The first-order chi connectivity index (χ1) is 8.21. The van der Waals surface area contributed by atoms with Gasteiger partial charge in [-0.15, -0.1) is 0 Å². The van der Waals surface area contributed by atoms with Crippen LogP contribution in [0.4, 0.5) is 0 Å². The predicted molar refractivity (Wildman–Crippen MR) is 71.3 cm³/mol. The minimum atomic E-state index is 0.196. The molecule has 4 atom stereocenters. The molecule has 1 rings (SSSR count). The molecule has 0 saturated heterocycles. The minimum Gasteiger partial charge on any atom is -0.382 e. The highest BCUT2D eigenvalue weighted by molar-refractivity contribution is 4.85. The van der Waals surface area contributed by atoms with Gasteiger partial charge in [-0.25, -0.2) is 0 Å². The molecule has 3 heteroatoms. The van der Waals surface area contributed by atoms with E-state index in [2.05, 4.69) is 26.1 Å². The minimum absolute atomic E-state index is 0.196. The van der Waals surface area contributed by atoms with Crippen molar-refractivity contribution in [3.8, 4) is 0 Å². The third kappa shape index (κ3) is 4.94. The SMILES string of the molecule is CCNC1CCC(CC)CC1OC(C)COC. The number of ether oxygens (including phenoxy) is 2. The average Bonchev–Trinajstić information content (AvgIpc) is 2.32. The molecule has 0 heterocycles. The Morgan fingerprint density at radius 3 is 2.65 bits per heavy atom. The average molecular weight is 243 g/mol. The van der Waals surface area contributed by atoms with Gasteiger partial charge in [0, 0.05) is 13.2 Å². The van der Waals surface area contributed by atoms with Crippen LogP contribution in [0.2, 0.25) is 0 Å². The van der Waals surface area contributed by atoms with Gasteiger partial charge in [0.25, 0.3) is 0 Å². The molecule has 0 bridgehead atoms. The van der Waals surface area contributed by atoms with E-state index in [9.17, 15) is 0 Å². The summed E-state index contributed by atoms with van der Waals surface area (Å²) in [5, 5.41) is 3.56. The van der Waals surface area contributed by atoms with Crippen molar-refractivity contribution in [2.75, 3.05) is 20.3 Å². The van der Waals surface area contributed by atoms with E-state index in [0.29, 0.717) is 18.8 Å². The number of methoxy groups -OCH3 is 1. The third-order valence-electron chi connectivity index (χ3n) is 3.75. The Morgan fingerprint density at radius 1 is 1.29 bits per heavy atom. The second-order valence-electron chi connectivity index (χ2n) is 5.19. The fourth-order valence-electron chi connectivity index (χ4n) is 2.80. The number of likely N-dealkylation sites (N-methyl/N-ethyl adjacent to an activating group) is 1. The van der Waals surface area contributed by atoms with Crippen molar-refractivity contribution in [3.05, 3.63) is 0 Å². The smallest absolute Gasteiger partial charge is 0.0784 e. The topological polar surface area (TPSA) is 30.5 Å². The summed E-state index contributed by atoms with van der Waals surface area (Å²) in [7, 11) is 1.73. The summed E-state index contributed by atoms with van der Waals surface area (Å²) in [4.78, 5) is 0. The second kappa shape index (κ2) is 8.06. The molecule has 0 aromatic rings. The van der Waals surface area contributed by atoms with Crippen molar-refractivity contribution in [2.45, 2.75) is 64.7 Å². The Morgan fingerprint density at radius 2 is 2.06 bits per heavy atom. The van der Waals surface area contributed by atoms with Gasteiger partial charge in [0.05, 0.1) is 18.8 Å². The van der Waals surface area contributed by atoms with Crippen LogP contribution < -0.4 is 5.32 Å². The van der Waals surface area contributed by atoms with Crippen LogP contribution in [0.15, 0.2) is 0 Å². The maximum absolute atomic E-state index is 6.14. The van der Waals surface area contributed by atoms with Crippen LogP contribution in [0.3, 0.4) is 0 Å². The highest BCUT2D eigenvalue weighted by atomic mass is 16.5. The van der Waals surface area contributed by atoms with E-state index in [1.54, 1.807) is 7.11 Å². The van der Waals surface area contributed by atoms with Gasteiger partial charge in [-0.05, 0) is 38.6 Å². The molecule has 1 aliphatic carbocycles. The van der Waals surface area contributed by atoms with Crippen LogP contribution in [0.5, 0.6) is 0 Å². The van der Waals surface area contributed by atoms with E-state index in [4.69, 9.17) is 9.47 Å². The van der Waals surface area contributed by atoms with Crippen molar-refractivity contribution >= 4 is 0 Å². The van der Waals surface area contributed by atoms with E-state index in [1.807, 2.05) is 0 Å². The van der Waals surface area contributed by atoms with Crippen molar-refractivity contribution < 1.29 is 9.47 Å². The van der Waals surface area contributed by atoms with Crippen LogP contribution in [-0.2, 0) is 9.47 Å². The van der Waals surface area contributed by atoms with Crippen molar-refractivity contribution in [3.63, 3.8) is 0 Å². The molecule has 0 radical (unpaired) electrons. The zero-order chi connectivity index (χ0) is 12.7. The first-order valence-electron chi connectivity index (χ1n) is 7.08. The lowest BCUT2D eigenvalue weighted by Crippen LogP contribution is -2.47. The van der Waals surface area contributed by atoms with Gasteiger partial charge in [0.1, 0.15) is 0 Å². The fraction of sp³-hybridized carbons (Fsp3) is 1.00. The van der Waals surface area contributed by atoms with Gasteiger partial charge < -0.3 is 14.8 Å². The van der Waals surface area contributed by atoms with E-state index >= 15 is 0 Å². The Bertz CT molecular complexity index is 199. The van der Waals surface area contributed by atoms with Gasteiger partial charge in [0.15, 0.2) is 0 Å². The van der Waals surface area contributed by atoms with Gasteiger partial charge in [-0.2, -0.15) is 0 Å². The lowest BCUT2D eigenvalue weighted by molar-refractivity contribution is -0.0738. The molecule has 0 aliphatic heterocycles. The lowest BCUT2D eigenvalue weighted by Gasteiger charge is -2.37. The quantitative estimate of drug-likeness (QED) is 0.745. The summed E-state index contributed by atoms with van der Waals surface area (Å²) in [5.74, 6) is 0.838. The highest BCUT2D eigenvalue weighted by Gasteiger charge is 2.30. The van der Waals surface area contributed by atoms with Crippen molar-refractivity contribution in [1.82, 2.24) is 5.32 Å². The van der Waals surface area contributed by atoms with Crippen LogP contribution in [0, 0.1) is 5.92 Å². The normalized spacial score (nSPS) is 31.4. The monoisotopic (exact) mass is 243 g/mol. The number of nitrogens with one attached hydrogen (secondary N) is 1. The third-order valence-corrected chi connectivity index (χ3v) is 3.75. The zero-order valence-electron chi connectivity index (χ0n) is 11.9. The Labute approximate surface area is 106 Å². The standard InChI is InChI=1S/C14H29NO2/c1-5-12-7-8-13(15-6-2)14(9-12)17-11(3)10-16-4/h11-15H,5-10H2,1-4H3. The summed E-state index contributed by atoms with van der Waals surface area (Å²) >= 11 is 0. The fourth-order valence-corrected chi connectivity index (χ4v) is 2.80. The molecule has 0 aromatic heterocycles. The molecule has 4 unspecified atom stereocenters. The van der Waals surface area contributed by atoms with Crippen LogP contribution in [0.25, 0.3) is 0 Å². The highest BCUT2D eigenvalue weighted by Crippen LogP contribution is 2.29. The summed E-state index contributed by atoms with van der Waals surface area (Å²) in [6.45, 7) is 8.27. The Hall–Kier alpha value is -0.120. The Kier molecular flexibility index (Phi) is 7.09. The second-order valence-corrected chi connectivity index (χ2v) is 5.19. The number of rotatable bonds is 7. The van der Waals surface area contributed by atoms with Crippen molar-refractivity contribution in [2.24, 2.45) is 5.92 Å². The van der Waals surface area contributed by atoms with E-state index in [1.165, 1.54) is 25.7 Å². The molecular weight excluding hydrogens is 214 g/mol. The number of hydrogen-bond donors (Lipinski definition) is 1. The molecule has 1 aliphatic rings. The molecule has 1 N–H and O–H groups in total. The molecule has 1 saturated carbocycles. The Balaban J connectivity index is 2.47. The van der Waals surface area contributed by atoms with E-state index < -0.39 is 0 Å². The predicted octanol–water partition coefficient (Wildman–Crippen LogP) is 2.59. The molecule has 0 spiro atoms. The van der Waals surface area contributed by atoms with Crippen molar-refractivity contribution in [1.29, 1.82) is 0 Å². The molecule has 0 amide bonds. The molecule has 17 heavy (non-hydrogen) atoms. The first-order valence-corrected chi connectivity index (χ1v) is 7.08. The van der Waals surface area contributed by atoms with Gasteiger partial charge in [-0.3, -0.25) is 0 Å². The van der Waals surface area contributed by atoms with E-state index in [0.717, 1.165) is 12.5 Å². The molecule has 0 aromatic carbocycles. The van der Waals surface area contributed by atoms with Crippen LogP contribution in [0.1, 0.15) is 46.5 Å². The maximum atomic E-state index is 6.14. The molecule has 1 fully saturated rings. The summed E-state index contributed by atoms with van der Waals surface area (Å²) < 4.78 is 11.3. The van der Waals surface area contributed by atoms with Crippen LogP contribution in [-0.4, -0.2) is 38.5 Å². The van der Waals surface area contributed by atoms with Gasteiger partial charge in [-0.1, -0.05) is 20.3 Å². The lowest BCUT2D eigenvalue weighted by atomic mass is 9.82. The molecule has 3 nitrogen and oxygen atoms in total. The number of hydrogen-bond acceptors (Lipinski definition) is 3. The van der Waals surface area contributed by atoms with Gasteiger partial charge in [0.2, 0.25) is 0 Å². The van der Waals surface area contributed by atoms with Crippen LogP contribution >= 0.6 is 0 Å². The van der Waals surface area contributed by atoms with E-state index in [-0.39, 0.29) is 6.10 Å². The molecular formula is C14H29NO2. The summed E-state index contributed by atoms with van der Waals surface area (Å²) in [6.07, 6.45) is 5.61.